The molecule has 0 fully saturated rings. The number of phenolic OH excluding ortho intramolecular Hbond substituents is 1. The molecule has 0 aliphatic rings. The maximum absolute atomic E-state index is 10.8. The van der Waals surface area contributed by atoms with Gasteiger partial charge in [0, 0.05) is 5.56 Å². The minimum Gasteiger partial charge on any atom is -0.507 e. The number of carbonyl (C=O) groups is 1. The Kier molecular flexibility index (Phi) is 2.04. The second-order valence-electron chi connectivity index (χ2n) is 2.82. The van der Waals surface area contributed by atoms with Crippen LogP contribution in [0.2, 0.25) is 0 Å². The third-order valence-electron chi connectivity index (χ3n) is 1.78. The van der Waals surface area contributed by atoms with Gasteiger partial charge in [0.2, 0.25) is 5.91 Å². The van der Waals surface area contributed by atoms with E-state index < -0.39 is 5.91 Å². The van der Waals surface area contributed by atoms with E-state index in [9.17, 15) is 9.90 Å². The van der Waals surface area contributed by atoms with Crippen molar-refractivity contribution in [2.75, 3.05) is 0 Å². The lowest BCUT2D eigenvalue weighted by Gasteiger charge is -2.04. The first-order chi connectivity index (χ1) is 5.52. The van der Waals surface area contributed by atoms with Gasteiger partial charge in [-0.1, -0.05) is 0 Å². The van der Waals surface area contributed by atoms with Crippen LogP contribution in [0.3, 0.4) is 0 Å². The number of amides is 1. The third kappa shape index (κ3) is 1.39. The average Bonchev–Trinajstić information content (AvgIpc) is 1.99. The molecular weight excluding hydrogens is 154 g/mol. The summed E-state index contributed by atoms with van der Waals surface area (Å²) in [4.78, 5) is 10.8. The van der Waals surface area contributed by atoms with Gasteiger partial charge in [-0.15, -0.1) is 0 Å². The quantitative estimate of drug-likeness (QED) is 0.654. The van der Waals surface area contributed by atoms with E-state index in [2.05, 4.69) is 0 Å². The van der Waals surface area contributed by atoms with Crippen molar-refractivity contribution in [3.8, 4) is 5.75 Å². The molecule has 0 heterocycles. The molecule has 64 valence electrons. The summed E-state index contributed by atoms with van der Waals surface area (Å²) in [7, 11) is 0. The molecule has 0 bridgehead atoms. The molecule has 1 aromatic carbocycles. The highest BCUT2D eigenvalue weighted by Gasteiger charge is 2.06. The molecule has 1 amide bonds. The van der Waals surface area contributed by atoms with Crippen molar-refractivity contribution in [2.45, 2.75) is 13.8 Å². The molecule has 12 heavy (non-hydrogen) atoms. The van der Waals surface area contributed by atoms with Crippen LogP contribution in [0, 0.1) is 13.8 Å². The molecule has 0 spiro atoms. The minimum atomic E-state index is -0.471. The second kappa shape index (κ2) is 2.85. The number of rotatable bonds is 1. The topological polar surface area (TPSA) is 63.3 Å². The van der Waals surface area contributed by atoms with E-state index in [0.29, 0.717) is 16.7 Å². The molecule has 0 aliphatic heterocycles. The van der Waals surface area contributed by atoms with E-state index in [-0.39, 0.29) is 5.75 Å². The van der Waals surface area contributed by atoms with E-state index >= 15 is 0 Å². The standard InChI is InChI=1S/C9H11NO2/c1-5-3-7(9(10)12)4-6(2)8(5)11/h3-4,11H,1-2H3,(H2,10,12). The lowest BCUT2D eigenvalue weighted by Crippen LogP contribution is -2.11. The average molecular weight is 165 g/mol. The van der Waals surface area contributed by atoms with Crippen LogP contribution in [0.25, 0.3) is 0 Å². The van der Waals surface area contributed by atoms with Crippen molar-refractivity contribution in [3.05, 3.63) is 28.8 Å². The van der Waals surface area contributed by atoms with Gasteiger partial charge < -0.3 is 10.8 Å². The summed E-state index contributed by atoms with van der Waals surface area (Å²) in [6.45, 7) is 3.46. The summed E-state index contributed by atoms with van der Waals surface area (Å²) in [5.41, 5.74) is 6.85. The summed E-state index contributed by atoms with van der Waals surface area (Å²) >= 11 is 0. The molecule has 0 radical (unpaired) electrons. The SMILES string of the molecule is Cc1cc(C(N)=O)cc(C)c1O. The Morgan fingerprint density at radius 1 is 1.33 bits per heavy atom. The predicted octanol–water partition coefficient (Wildman–Crippen LogP) is 1.11. The maximum Gasteiger partial charge on any atom is 0.248 e. The van der Waals surface area contributed by atoms with Gasteiger partial charge in [-0.05, 0) is 37.1 Å². The monoisotopic (exact) mass is 165 g/mol. The molecule has 0 saturated heterocycles. The van der Waals surface area contributed by atoms with E-state index in [1.165, 1.54) is 0 Å². The Hall–Kier alpha value is -1.51. The minimum absolute atomic E-state index is 0.222. The Morgan fingerprint density at radius 2 is 1.75 bits per heavy atom. The molecule has 0 atom stereocenters. The van der Waals surface area contributed by atoms with Gasteiger partial charge >= 0.3 is 0 Å². The van der Waals surface area contributed by atoms with Gasteiger partial charge in [-0.25, -0.2) is 0 Å². The van der Waals surface area contributed by atoms with Crippen LogP contribution in [-0.2, 0) is 0 Å². The molecule has 0 aliphatic carbocycles. The molecule has 0 unspecified atom stereocenters. The van der Waals surface area contributed by atoms with E-state index in [1.54, 1.807) is 26.0 Å². The first-order valence-corrected chi connectivity index (χ1v) is 3.62. The van der Waals surface area contributed by atoms with Gasteiger partial charge in [0.25, 0.3) is 0 Å². The van der Waals surface area contributed by atoms with Gasteiger partial charge in [-0.3, -0.25) is 4.79 Å². The molecule has 3 nitrogen and oxygen atoms in total. The number of carbonyl (C=O) groups excluding carboxylic acids is 1. The zero-order valence-electron chi connectivity index (χ0n) is 7.09. The normalized spacial score (nSPS) is 9.83. The van der Waals surface area contributed by atoms with Crippen LogP contribution < -0.4 is 5.73 Å². The maximum atomic E-state index is 10.8. The van der Waals surface area contributed by atoms with E-state index in [1.807, 2.05) is 0 Å². The molecule has 0 saturated carbocycles. The Balaban J connectivity index is 3.31. The molecule has 0 aromatic heterocycles. The van der Waals surface area contributed by atoms with Gasteiger partial charge in [0.15, 0.2) is 0 Å². The van der Waals surface area contributed by atoms with Crippen molar-refractivity contribution in [1.29, 1.82) is 0 Å². The second-order valence-corrected chi connectivity index (χ2v) is 2.82. The molecule has 1 rings (SSSR count). The van der Waals surface area contributed by atoms with Crippen LogP contribution in [-0.4, -0.2) is 11.0 Å². The first-order valence-electron chi connectivity index (χ1n) is 3.62. The fourth-order valence-corrected chi connectivity index (χ4v) is 1.10. The lowest BCUT2D eigenvalue weighted by atomic mass is 10.1. The highest BCUT2D eigenvalue weighted by atomic mass is 16.3. The van der Waals surface area contributed by atoms with Crippen molar-refractivity contribution < 1.29 is 9.90 Å². The Bertz CT molecular complexity index is 308. The van der Waals surface area contributed by atoms with Crippen molar-refractivity contribution in [2.24, 2.45) is 5.73 Å². The largest absolute Gasteiger partial charge is 0.507 e. The number of hydrogen-bond donors (Lipinski definition) is 2. The number of benzene rings is 1. The predicted molar refractivity (Wildman–Crippen MR) is 46.1 cm³/mol. The van der Waals surface area contributed by atoms with Crippen molar-refractivity contribution in [3.63, 3.8) is 0 Å². The van der Waals surface area contributed by atoms with Crippen LogP contribution in [0.5, 0.6) is 5.75 Å². The van der Waals surface area contributed by atoms with Crippen LogP contribution >= 0.6 is 0 Å². The van der Waals surface area contributed by atoms with Crippen molar-refractivity contribution >= 4 is 5.91 Å². The number of aryl methyl sites for hydroxylation is 2. The fraction of sp³-hybridized carbons (Fsp3) is 0.222. The van der Waals surface area contributed by atoms with Crippen LogP contribution in [0.15, 0.2) is 12.1 Å². The highest BCUT2D eigenvalue weighted by molar-refractivity contribution is 5.93. The third-order valence-corrected chi connectivity index (χ3v) is 1.78. The first kappa shape index (κ1) is 8.59. The van der Waals surface area contributed by atoms with E-state index in [0.717, 1.165) is 0 Å². The number of primary amides is 1. The summed E-state index contributed by atoms with van der Waals surface area (Å²) in [6, 6.07) is 3.15. The zero-order chi connectivity index (χ0) is 9.30. The number of nitrogens with two attached hydrogens (primary N) is 1. The molecule has 3 N–H and O–H groups in total. The van der Waals surface area contributed by atoms with Gasteiger partial charge in [0.1, 0.15) is 5.75 Å². The lowest BCUT2D eigenvalue weighted by molar-refractivity contribution is 0.1000. The summed E-state index contributed by atoms with van der Waals surface area (Å²) < 4.78 is 0. The Morgan fingerprint density at radius 3 is 2.08 bits per heavy atom. The highest BCUT2D eigenvalue weighted by Crippen LogP contribution is 2.22. The molecular formula is C9H11NO2. The number of phenols is 1. The van der Waals surface area contributed by atoms with E-state index in [4.69, 9.17) is 5.73 Å². The van der Waals surface area contributed by atoms with Crippen LogP contribution in [0.4, 0.5) is 0 Å². The smallest absolute Gasteiger partial charge is 0.248 e. The summed E-state index contributed by atoms with van der Waals surface area (Å²) in [5, 5.41) is 9.36. The molecule has 1 aromatic rings. The molecule has 3 heteroatoms. The fourth-order valence-electron chi connectivity index (χ4n) is 1.10. The van der Waals surface area contributed by atoms with Crippen LogP contribution in [0.1, 0.15) is 21.5 Å². The van der Waals surface area contributed by atoms with Crippen molar-refractivity contribution in [1.82, 2.24) is 0 Å². The summed E-state index contributed by atoms with van der Waals surface area (Å²) in [6.07, 6.45) is 0. The van der Waals surface area contributed by atoms with Gasteiger partial charge in [-0.2, -0.15) is 0 Å². The Labute approximate surface area is 70.8 Å². The number of hydrogen-bond acceptors (Lipinski definition) is 2. The zero-order valence-corrected chi connectivity index (χ0v) is 7.09. The number of aromatic hydroxyl groups is 1. The summed E-state index contributed by atoms with van der Waals surface area (Å²) in [5.74, 6) is -0.249. The van der Waals surface area contributed by atoms with Gasteiger partial charge in [0.05, 0.1) is 0 Å².